The van der Waals surface area contributed by atoms with Crippen LogP contribution in [0.5, 0.6) is 0 Å². The van der Waals surface area contributed by atoms with E-state index in [-0.39, 0.29) is 36.2 Å². The van der Waals surface area contributed by atoms with Gasteiger partial charge in [-0.1, -0.05) is 18.2 Å². The number of fused-ring (bicyclic) bond motifs is 1. The maximum Gasteiger partial charge on any atom is 0.233 e. The van der Waals surface area contributed by atoms with Crippen molar-refractivity contribution in [3.05, 3.63) is 36.1 Å². The number of benzene rings is 1. The second kappa shape index (κ2) is 9.76. The maximum absolute atomic E-state index is 13.1. The Morgan fingerprint density at radius 1 is 1.33 bits per heavy atom. The number of furan rings is 1. The van der Waals surface area contributed by atoms with Crippen molar-refractivity contribution in [3.8, 4) is 0 Å². The molecular weight excluding hydrogens is 366 g/mol. The van der Waals surface area contributed by atoms with Crippen molar-refractivity contribution in [1.29, 1.82) is 0 Å². The first-order valence-corrected chi connectivity index (χ1v) is 9.36. The zero-order chi connectivity index (χ0) is 18.5. The highest BCUT2D eigenvalue weighted by atomic mass is 35.5. The lowest BCUT2D eigenvalue weighted by molar-refractivity contribution is -0.137. The van der Waals surface area contributed by atoms with Crippen molar-refractivity contribution < 1.29 is 14.0 Å². The largest absolute Gasteiger partial charge is 0.460 e. The Morgan fingerprint density at radius 2 is 2.11 bits per heavy atom. The van der Waals surface area contributed by atoms with E-state index in [2.05, 4.69) is 5.32 Å². The summed E-state index contributed by atoms with van der Waals surface area (Å²) in [5.74, 6) is 0.341. The number of halogens is 1. The Hall–Kier alpha value is -2.05. The Kier molecular flexibility index (Phi) is 7.68. The Morgan fingerprint density at radius 3 is 2.85 bits per heavy atom. The Balaban J connectivity index is 0.00000261. The normalized spacial score (nSPS) is 18.0. The quantitative estimate of drug-likeness (QED) is 0.789. The minimum absolute atomic E-state index is 0. The van der Waals surface area contributed by atoms with Crippen LogP contribution < -0.4 is 11.1 Å². The van der Waals surface area contributed by atoms with Crippen LogP contribution in [0.3, 0.4) is 0 Å². The summed E-state index contributed by atoms with van der Waals surface area (Å²) in [6.07, 6.45) is 3.28. The highest BCUT2D eigenvalue weighted by molar-refractivity contribution is 5.86. The topological polar surface area (TPSA) is 88.6 Å². The zero-order valence-corrected chi connectivity index (χ0v) is 16.5. The van der Waals surface area contributed by atoms with Gasteiger partial charge in [0.15, 0.2) is 0 Å². The first kappa shape index (κ1) is 21.3. The molecule has 1 aromatic carbocycles. The van der Waals surface area contributed by atoms with Gasteiger partial charge in [0.25, 0.3) is 0 Å². The molecule has 7 heteroatoms. The van der Waals surface area contributed by atoms with Crippen molar-refractivity contribution in [2.24, 2.45) is 5.73 Å². The molecule has 2 atom stereocenters. The lowest BCUT2D eigenvalue weighted by Crippen LogP contribution is -2.50. The number of carbonyl (C=O) groups excluding carboxylic acids is 2. The van der Waals surface area contributed by atoms with Gasteiger partial charge in [-0.05, 0) is 38.3 Å². The molecule has 1 aromatic heterocycles. The van der Waals surface area contributed by atoms with E-state index in [1.807, 2.05) is 42.2 Å². The van der Waals surface area contributed by atoms with E-state index in [4.69, 9.17) is 10.2 Å². The molecule has 148 valence electrons. The fraction of sp³-hybridized carbons (Fsp3) is 0.500. The SMILES string of the molecule is CC(C(=O)N1CCCCC1CNC(=O)CCN)c1cc2ccccc2o1.Cl. The number of hydrogen-bond donors (Lipinski definition) is 2. The third-order valence-corrected chi connectivity index (χ3v) is 5.06. The van der Waals surface area contributed by atoms with Crippen LogP contribution in [0.15, 0.2) is 34.7 Å². The first-order chi connectivity index (χ1) is 12.6. The number of nitrogens with two attached hydrogens (primary N) is 1. The minimum atomic E-state index is -0.345. The van der Waals surface area contributed by atoms with Gasteiger partial charge in [0.1, 0.15) is 11.3 Å². The van der Waals surface area contributed by atoms with Gasteiger partial charge in [0, 0.05) is 37.5 Å². The molecule has 2 amide bonds. The van der Waals surface area contributed by atoms with Crippen molar-refractivity contribution in [3.63, 3.8) is 0 Å². The molecule has 0 spiro atoms. The van der Waals surface area contributed by atoms with Gasteiger partial charge in [-0.2, -0.15) is 0 Å². The summed E-state index contributed by atoms with van der Waals surface area (Å²) in [7, 11) is 0. The molecule has 6 nitrogen and oxygen atoms in total. The third kappa shape index (κ3) is 5.02. The second-order valence-corrected chi connectivity index (χ2v) is 6.93. The van der Waals surface area contributed by atoms with E-state index in [1.54, 1.807) is 0 Å². The lowest BCUT2D eigenvalue weighted by atomic mass is 9.98. The molecule has 3 N–H and O–H groups in total. The standard InChI is InChI=1S/C20H27N3O3.ClH/c1-14(18-12-15-6-2-3-8-17(15)26-18)20(25)23-11-5-4-7-16(23)13-22-19(24)9-10-21;/h2-3,6,8,12,14,16H,4-5,7,9-11,13,21H2,1H3,(H,22,24);1H. The molecule has 1 aliphatic heterocycles. The van der Waals surface area contributed by atoms with Crippen LogP contribution in [0.25, 0.3) is 11.0 Å². The number of nitrogens with one attached hydrogen (secondary N) is 1. The van der Waals surface area contributed by atoms with Gasteiger partial charge >= 0.3 is 0 Å². The molecule has 2 heterocycles. The number of piperidine rings is 1. The Labute approximate surface area is 165 Å². The second-order valence-electron chi connectivity index (χ2n) is 6.93. The number of nitrogens with zero attached hydrogens (tertiary/aromatic N) is 1. The average molecular weight is 394 g/mol. The predicted octanol–water partition coefficient (Wildman–Crippen LogP) is 2.80. The van der Waals surface area contributed by atoms with E-state index >= 15 is 0 Å². The summed E-state index contributed by atoms with van der Waals surface area (Å²) in [4.78, 5) is 26.7. The van der Waals surface area contributed by atoms with E-state index < -0.39 is 0 Å². The monoisotopic (exact) mass is 393 g/mol. The maximum atomic E-state index is 13.1. The molecule has 3 rings (SSSR count). The molecule has 0 aliphatic carbocycles. The van der Waals surface area contributed by atoms with Gasteiger partial charge in [0.2, 0.25) is 11.8 Å². The van der Waals surface area contributed by atoms with Crippen molar-refractivity contribution in [1.82, 2.24) is 10.2 Å². The molecule has 0 radical (unpaired) electrons. The van der Waals surface area contributed by atoms with Crippen LogP contribution in [0.1, 0.15) is 44.3 Å². The molecule has 0 bridgehead atoms. The van der Waals surface area contributed by atoms with E-state index in [1.165, 1.54) is 0 Å². The van der Waals surface area contributed by atoms with Gasteiger partial charge < -0.3 is 20.4 Å². The summed E-state index contributed by atoms with van der Waals surface area (Å²) in [5, 5.41) is 3.91. The molecule has 1 fully saturated rings. The fourth-order valence-electron chi connectivity index (χ4n) is 3.54. The van der Waals surface area contributed by atoms with E-state index in [0.29, 0.717) is 25.3 Å². The smallest absolute Gasteiger partial charge is 0.233 e. The van der Waals surface area contributed by atoms with Crippen molar-refractivity contribution in [2.45, 2.75) is 44.6 Å². The van der Waals surface area contributed by atoms with Crippen LogP contribution in [0.2, 0.25) is 0 Å². The van der Waals surface area contributed by atoms with Crippen molar-refractivity contribution >= 4 is 35.2 Å². The molecular formula is C20H28ClN3O3. The van der Waals surface area contributed by atoms with E-state index in [9.17, 15) is 9.59 Å². The lowest BCUT2D eigenvalue weighted by Gasteiger charge is -2.37. The number of amides is 2. The number of hydrogen-bond acceptors (Lipinski definition) is 4. The molecule has 1 saturated heterocycles. The predicted molar refractivity (Wildman–Crippen MR) is 108 cm³/mol. The summed E-state index contributed by atoms with van der Waals surface area (Å²) < 4.78 is 5.88. The van der Waals surface area contributed by atoms with Gasteiger partial charge in [-0.25, -0.2) is 0 Å². The molecule has 2 aromatic rings. The van der Waals surface area contributed by atoms with E-state index in [0.717, 1.165) is 36.8 Å². The molecule has 0 saturated carbocycles. The number of likely N-dealkylation sites (tertiary alicyclic amines) is 1. The highest BCUT2D eigenvalue weighted by Gasteiger charge is 2.31. The summed E-state index contributed by atoms with van der Waals surface area (Å²) >= 11 is 0. The van der Waals surface area contributed by atoms with Crippen LogP contribution in [-0.4, -0.2) is 42.4 Å². The van der Waals surface area contributed by atoms with Crippen LogP contribution in [0.4, 0.5) is 0 Å². The van der Waals surface area contributed by atoms with Crippen LogP contribution in [0, 0.1) is 0 Å². The minimum Gasteiger partial charge on any atom is -0.460 e. The van der Waals surface area contributed by atoms with Gasteiger partial charge in [-0.15, -0.1) is 12.4 Å². The van der Waals surface area contributed by atoms with Crippen LogP contribution >= 0.6 is 12.4 Å². The average Bonchev–Trinajstić information content (AvgIpc) is 3.10. The first-order valence-electron chi connectivity index (χ1n) is 9.36. The van der Waals surface area contributed by atoms with Crippen molar-refractivity contribution in [2.75, 3.05) is 19.6 Å². The Bertz CT molecular complexity index is 744. The van der Waals surface area contributed by atoms with Crippen LogP contribution in [-0.2, 0) is 9.59 Å². The molecule has 2 unspecified atom stereocenters. The number of para-hydroxylation sites is 1. The third-order valence-electron chi connectivity index (χ3n) is 5.06. The number of carbonyl (C=O) groups is 2. The summed E-state index contributed by atoms with van der Waals surface area (Å²) in [5.41, 5.74) is 6.21. The molecule has 1 aliphatic rings. The number of rotatable bonds is 6. The fourth-order valence-corrected chi connectivity index (χ4v) is 3.54. The summed E-state index contributed by atoms with van der Waals surface area (Å²) in [6.45, 7) is 3.43. The molecule has 27 heavy (non-hydrogen) atoms. The van der Waals surface area contributed by atoms with Gasteiger partial charge in [0.05, 0.1) is 5.92 Å². The zero-order valence-electron chi connectivity index (χ0n) is 15.6. The highest BCUT2D eigenvalue weighted by Crippen LogP contribution is 2.28. The van der Waals surface area contributed by atoms with Gasteiger partial charge in [-0.3, -0.25) is 9.59 Å². The summed E-state index contributed by atoms with van der Waals surface area (Å²) in [6, 6.07) is 9.75.